The van der Waals surface area contributed by atoms with Crippen LogP contribution in [0.1, 0.15) is 28.8 Å². The fourth-order valence-corrected chi connectivity index (χ4v) is 3.60. The van der Waals surface area contributed by atoms with Gasteiger partial charge in [0, 0.05) is 32.2 Å². The number of carbonyl (C=O) groups excluding carboxylic acids is 2. The SMILES string of the molecule is COC(=O)CN(C)C(=O)c1ccc(OC2CCN(CCc3ccccc3)CC2)cc1. The predicted molar refractivity (Wildman–Crippen MR) is 116 cm³/mol. The molecule has 1 heterocycles. The lowest BCUT2D eigenvalue weighted by molar-refractivity contribution is -0.141. The van der Waals surface area contributed by atoms with Crippen molar-refractivity contribution in [1.29, 1.82) is 0 Å². The number of ether oxygens (including phenoxy) is 2. The molecule has 6 heteroatoms. The number of rotatable bonds is 8. The topological polar surface area (TPSA) is 59.1 Å². The van der Waals surface area contributed by atoms with E-state index < -0.39 is 5.97 Å². The Labute approximate surface area is 178 Å². The van der Waals surface area contributed by atoms with Gasteiger partial charge >= 0.3 is 5.97 Å². The Hall–Kier alpha value is -2.86. The molecule has 6 nitrogen and oxygen atoms in total. The summed E-state index contributed by atoms with van der Waals surface area (Å²) in [7, 11) is 2.88. The van der Waals surface area contributed by atoms with Crippen molar-refractivity contribution in [3.63, 3.8) is 0 Å². The van der Waals surface area contributed by atoms with E-state index in [1.54, 1.807) is 19.2 Å². The Morgan fingerprint density at radius 3 is 2.33 bits per heavy atom. The maximum absolute atomic E-state index is 12.4. The molecule has 0 spiro atoms. The van der Waals surface area contributed by atoms with E-state index in [2.05, 4.69) is 40.0 Å². The molecular weight excluding hydrogens is 380 g/mol. The average Bonchev–Trinajstić information content (AvgIpc) is 2.79. The summed E-state index contributed by atoms with van der Waals surface area (Å²) in [5.41, 5.74) is 1.90. The molecule has 2 aromatic carbocycles. The smallest absolute Gasteiger partial charge is 0.325 e. The van der Waals surface area contributed by atoms with Gasteiger partial charge in [0.1, 0.15) is 18.4 Å². The minimum atomic E-state index is -0.444. The Balaban J connectivity index is 1.43. The lowest BCUT2D eigenvalue weighted by Crippen LogP contribution is -2.39. The number of piperidine rings is 1. The lowest BCUT2D eigenvalue weighted by atomic mass is 10.1. The van der Waals surface area contributed by atoms with E-state index >= 15 is 0 Å². The van der Waals surface area contributed by atoms with Gasteiger partial charge in [0.15, 0.2) is 0 Å². The number of amides is 1. The molecule has 0 aliphatic carbocycles. The Kier molecular flexibility index (Phi) is 7.85. The molecule has 3 rings (SSSR count). The van der Waals surface area contributed by atoms with Gasteiger partial charge in [0.05, 0.1) is 7.11 Å². The maximum atomic E-state index is 12.4. The molecule has 1 aliphatic rings. The van der Waals surface area contributed by atoms with Crippen LogP contribution in [0.5, 0.6) is 5.75 Å². The van der Waals surface area contributed by atoms with Gasteiger partial charge in [0.25, 0.3) is 5.91 Å². The van der Waals surface area contributed by atoms with E-state index in [0.29, 0.717) is 5.56 Å². The summed E-state index contributed by atoms with van der Waals surface area (Å²) < 4.78 is 10.7. The predicted octanol–water partition coefficient (Wildman–Crippen LogP) is 3.02. The highest BCUT2D eigenvalue weighted by Crippen LogP contribution is 2.20. The van der Waals surface area contributed by atoms with Crippen molar-refractivity contribution in [2.75, 3.05) is 40.3 Å². The molecule has 0 radical (unpaired) electrons. The quantitative estimate of drug-likeness (QED) is 0.626. The first kappa shape index (κ1) is 21.8. The molecule has 0 atom stereocenters. The van der Waals surface area contributed by atoms with Crippen LogP contribution < -0.4 is 4.74 Å². The van der Waals surface area contributed by atoms with E-state index in [4.69, 9.17) is 4.74 Å². The normalized spacial score (nSPS) is 14.9. The minimum absolute atomic E-state index is 0.0730. The van der Waals surface area contributed by atoms with Crippen molar-refractivity contribution in [1.82, 2.24) is 9.80 Å². The fraction of sp³-hybridized carbons (Fsp3) is 0.417. The van der Waals surface area contributed by atoms with Gasteiger partial charge in [-0.1, -0.05) is 30.3 Å². The molecule has 2 aromatic rings. The number of likely N-dealkylation sites (tertiary alicyclic amines) is 1. The molecule has 0 N–H and O–H groups in total. The van der Waals surface area contributed by atoms with Crippen molar-refractivity contribution < 1.29 is 19.1 Å². The number of hydrogen-bond donors (Lipinski definition) is 0. The van der Waals surface area contributed by atoms with Crippen LogP contribution in [0.4, 0.5) is 0 Å². The van der Waals surface area contributed by atoms with E-state index in [0.717, 1.165) is 44.6 Å². The molecule has 1 saturated heterocycles. The average molecular weight is 411 g/mol. The number of methoxy groups -OCH3 is 1. The highest BCUT2D eigenvalue weighted by molar-refractivity contribution is 5.95. The van der Waals surface area contributed by atoms with Crippen LogP contribution in [0.3, 0.4) is 0 Å². The summed E-state index contributed by atoms with van der Waals surface area (Å²) in [6.07, 6.45) is 3.27. The van der Waals surface area contributed by atoms with Gasteiger partial charge in [-0.15, -0.1) is 0 Å². The summed E-state index contributed by atoms with van der Waals surface area (Å²) in [4.78, 5) is 27.5. The Morgan fingerprint density at radius 2 is 1.70 bits per heavy atom. The van der Waals surface area contributed by atoms with Gasteiger partial charge in [-0.25, -0.2) is 0 Å². The van der Waals surface area contributed by atoms with Crippen LogP contribution in [-0.4, -0.2) is 68.1 Å². The zero-order valence-electron chi connectivity index (χ0n) is 17.8. The zero-order chi connectivity index (χ0) is 21.3. The fourth-order valence-electron chi connectivity index (χ4n) is 3.60. The van der Waals surface area contributed by atoms with Crippen molar-refractivity contribution >= 4 is 11.9 Å². The molecule has 0 aromatic heterocycles. The van der Waals surface area contributed by atoms with Crippen LogP contribution in [0.2, 0.25) is 0 Å². The second-order valence-electron chi connectivity index (χ2n) is 7.66. The largest absolute Gasteiger partial charge is 0.490 e. The Morgan fingerprint density at radius 1 is 1.03 bits per heavy atom. The van der Waals surface area contributed by atoms with E-state index in [9.17, 15) is 9.59 Å². The second kappa shape index (κ2) is 10.8. The highest BCUT2D eigenvalue weighted by Gasteiger charge is 2.21. The molecule has 0 bridgehead atoms. The molecule has 0 unspecified atom stereocenters. The summed E-state index contributed by atoms with van der Waals surface area (Å²) in [6, 6.07) is 17.7. The summed E-state index contributed by atoms with van der Waals surface area (Å²) in [5.74, 6) is 0.101. The number of benzene rings is 2. The first-order valence-corrected chi connectivity index (χ1v) is 10.4. The van der Waals surface area contributed by atoms with Crippen LogP contribution in [-0.2, 0) is 16.0 Å². The third kappa shape index (κ3) is 6.32. The van der Waals surface area contributed by atoms with Crippen molar-refractivity contribution in [2.24, 2.45) is 0 Å². The van der Waals surface area contributed by atoms with Crippen molar-refractivity contribution in [3.05, 3.63) is 65.7 Å². The van der Waals surface area contributed by atoms with Crippen LogP contribution in [0.25, 0.3) is 0 Å². The molecule has 30 heavy (non-hydrogen) atoms. The van der Waals surface area contributed by atoms with Crippen molar-refractivity contribution in [2.45, 2.75) is 25.4 Å². The van der Waals surface area contributed by atoms with Crippen molar-refractivity contribution in [3.8, 4) is 5.75 Å². The standard InChI is InChI=1S/C24H30N2O4/c1-25(18-23(27)29-2)24(28)20-8-10-21(11-9-20)30-22-13-16-26(17-14-22)15-12-19-6-4-3-5-7-19/h3-11,22H,12-18H2,1-2H3. The lowest BCUT2D eigenvalue weighted by Gasteiger charge is -2.32. The third-order valence-corrected chi connectivity index (χ3v) is 5.44. The van der Waals surface area contributed by atoms with Crippen LogP contribution in [0.15, 0.2) is 54.6 Å². The molecule has 1 amide bonds. The first-order valence-electron chi connectivity index (χ1n) is 10.4. The van der Waals surface area contributed by atoms with Gasteiger partial charge in [-0.3, -0.25) is 9.59 Å². The number of carbonyl (C=O) groups is 2. The molecule has 1 aliphatic heterocycles. The minimum Gasteiger partial charge on any atom is -0.490 e. The summed E-state index contributed by atoms with van der Waals surface area (Å²) >= 11 is 0. The third-order valence-electron chi connectivity index (χ3n) is 5.44. The molecule has 160 valence electrons. The van der Waals surface area contributed by atoms with Gasteiger partial charge in [-0.2, -0.15) is 0 Å². The highest BCUT2D eigenvalue weighted by atomic mass is 16.5. The summed E-state index contributed by atoms with van der Waals surface area (Å²) in [6.45, 7) is 3.07. The monoisotopic (exact) mass is 410 g/mol. The molecular formula is C24H30N2O4. The van der Waals surface area contributed by atoms with E-state index in [1.807, 2.05) is 12.1 Å². The number of likely N-dealkylation sites (N-methyl/N-ethyl adjacent to an activating group) is 1. The van der Waals surface area contributed by atoms with Gasteiger partial charge in [-0.05, 0) is 49.1 Å². The number of hydrogen-bond acceptors (Lipinski definition) is 5. The first-order chi connectivity index (χ1) is 14.5. The van der Waals surface area contributed by atoms with Gasteiger partial charge < -0.3 is 19.3 Å². The molecule has 0 saturated carbocycles. The van der Waals surface area contributed by atoms with Crippen LogP contribution >= 0.6 is 0 Å². The second-order valence-corrected chi connectivity index (χ2v) is 7.66. The van der Waals surface area contributed by atoms with Gasteiger partial charge in [0.2, 0.25) is 0 Å². The number of esters is 1. The summed E-state index contributed by atoms with van der Waals surface area (Å²) in [5, 5.41) is 0. The zero-order valence-corrected chi connectivity index (χ0v) is 17.8. The van der Waals surface area contributed by atoms with E-state index in [-0.39, 0.29) is 18.6 Å². The Bertz CT molecular complexity index is 815. The molecule has 1 fully saturated rings. The van der Waals surface area contributed by atoms with Crippen LogP contribution in [0, 0.1) is 0 Å². The maximum Gasteiger partial charge on any atom is 0.325 e. The number of nitrogens with zero attached hydrogens (tertiary/aromatic N) is 2. The van der Waals surface area contributed by atoms with E-state index in [1.165, 1.54) is 17.6 Å².